The Morgan fingerprint density at radius 2 is 2.05 bits per heavy atom. The summed E-state index contributed by atoms with van der Waals surface area (Å²) in [7, 11) is 0. The van der Waals surface area contributed by atoms with Crippen molar-refractivity contribution >= 4 is 17.6 Å². The van der Waals surface area contributed by atoms with Gasteiger partial charge in [-0.1, -0.05) is 13.0 Å². The van der Waals surface area contributed by atoms with Gasteiger partial charge in [-0.15, -0.1) is 0 Å². The fourth-order valence-corrected chi connectivity index (χ4v) is 1.53. The topological polar surface area (TPSA) is 98.9 Å². The fraction of sp³-hybridized carbons (Fsp3) is 0.385. The van der Waals surface area contributed by atoms with Crippen LogP contribution in [0.25, 0.3) is 0 Å². The second-order valence-electron chi connectivity index (χ2n) is 3.80. The van der Waals surface area contributed by atoms with Crippen LogP contribution >= 0.6 is 0 Å². The first-order valence-corrected chi connectivity index (χ1v) is 5.96. The molecule has 0 aliphatic rings. The molecule has 0 aromatic heterocycles. The first-order valence-electron chi connectivity index (χ1n) is 5.96. The van der Waals surface area contributed by atoms with Crippen LogP contribution in [0, 0.1) is 0 Å². The lowest BCUT2D eigenvalue weighted by molar-refractivity contribution is -0.151. The van der Waals surface area contributed by atoms with E-state index in [0.29, 0.717) is 6.42 Å². The quantitative estimate of drug-likeness (QED) is 0.601. The largest absolute Gasteiger partial charge is 0.478 e. The Labute approximate surface area is 111 Å². The predicted molar refractivity (Wildman–Crippen MR) is 69.2 cm³/mol. The van der Waals surface area contributed by atoms with E-state index in [9.17, 15) is 9.59 Å². The summed E-state index contributed by atoms with van der Waals surface area (Å²) >= 11 is 0. The Balaban J connectivity index is 3.03. The number of ether oxygens (including phenoxy) is 2. The molecule has 0 aliphatic heterocycles. The Kier molecular flexibility index (Phi) is 5.17. The van der Waals surface area contributed by atoms with Gasteiger partial charge in [-0.05, 0) is 25.5 Å². The van der Waals surface area contributed by atoms with Crippen LogP contribution in [-0.4, -0.2) is 29.8 Å². The highest BCUT2D eigenvalue weighted by Crippen LogP contribution is 2.28. The minimum atomic E-state index is -1.17. The molecular weight excluding hydrogens is 250 g/mol. The molecule has 0 spiro atoms. The zero-order valence-electron chi connectivity index (χ0n) is 10.9. The van der Waals surface area contributed by atoms with Crippen LogP contribution in [0.5, 0.6) is 5.75 Å². The normalized spacial score (nSPS) is 11.7. The van der Waals surface area contributed by atoms with Gasteiger partial charge in [-0.2, -0.15) is 0 Å². The monoisotopic (exact) mass is 267 g/mol. The van der Waals surface area contributed by atoms with Crippen LogP contribution < -0.4 is 10.5 Å². The molecule has 1 unspecified atom stereocenters. The average Bonchev–Trinajstić information content (AvgIpc) is 2.37. The summed E-state index contributed by atoms with van der Waals surface area (Å²) in [4.78, 5) is 22.7. The number of carboxylic acid groups (broad SMARTS) is 1. The number of carboxylic acids is 1. The summed E-state index contributed by atoms with van der Waals surface area (Å²) < 4.78 is 10.3. The highest BCUT2D eigenvalue weighted by atomic mass is 16.6. The van der Waals surface area contributed by atoms with Crippen molar-refractivity contribution in [1.29, 1.82) is 0 Å². The summed E-state index contributed by atoms with van der Waals surface area (Å²) in [6, 6.07) is 4.39. The van der Waals surface area contributed by atoms with Crippen molar-refractivity contribution in [3.8, 4) is 5.75 Å². The lowest BCUT2D eigenvalue weighted by Crippen LogP contribution is -2.29. The number of aromatic carboxylic acids is 1. The standard InChI is InChI=1S/C13H17NO5/c1-3-10(13(17)18-4-2)19-11-8(12(15)16)6-5-7-9(11)14/h5-7,10H,3-4,14H2,1-2H3,(H,15,16). The smallest absolute Gasteiger partial charge is 0.347 e. The van der Waals surface area contributed by atoms with Crippen LogP contribution in [0.2, 0.25) is 0 Å². The molecule has 0 radical (unpaired) electrons. The molecule has 0 bridgehead atoms. The summed E-state index contributed by atoms with van der Waals surface area (Å²) in [5, 5.41) is 9.07. The number of para-hydroxylation sites is 1. The number of carbonyl (C=O) groups is 2. The van der Waals surface area contributed by atoms with Crippen LogP contribution in [0.3, 0.4) is 0 Å². The zero-order chi connectivity index (χ0) is 14.4. The third kappa shape index (κ3) is 3.61. The first kappa shape index (κ1) is 14.8. The van der Waals surface area contributed by atoms with Crippen molar-refractivity contribution in [1.82, 2.24) is 0 Å². The number of benzene rings is 1. The number of nitrogens with two attached hydrogens (primary N) is 1. The molecule has 6 nitrogen and oxygen atoms in total. The molecule has 1 aromatic rings. The van der Waals surface area contributed by atoms with E-state index in [-0.39, 0.29) is 23.6 Å². The maximum absolute atomic E-state index is 11.6. The second-order valence-corrected chi connectivity index (χ2v) is 3.80. The fourth-order valence-electron chi connectivity index (χ4n) is 1.53. The van der Waals surface area contributed by atoms with Gasteiger partial charge in [-0.3, -0.25) is 0 Å². The first-order chi connectivity index (χ1) is 9.01. The summed E-state index contributed by atoms with van der Waals surface area (Å²) in [5.41, 5.74) is 5.78. The van der Waals surface area contributed by atoms with Gasteiger partial charge >= 0.3 is 11.9 Å². The average molecular weight is 267 g/mol. The van der Waals surface area contributed by atoms with Crippen molar-refractivity contribution in [3.05, 3.63) is 23.8 Å². The van der Waals surface area contributed by atoms with Crippen molar-refractivity contribution in [2.24, 2.45) is 0 Å². The number of esters is 1. The zero-order valence-corrected chi connectivity index (χ0v) is 10.9. The molecule has 0 saturated heterocycles. The summed E-state index contributed by atoms with van der Waals surface area (Å²) in [6.07, 6.45) is -0.519. The molecule has 0 aliphatic carbocycles. The van der Waals surface area contributed by atoms with Crippen molar-refractivity contribution in [2.75, 3.05) is 12.3 Å². The van der Waals surface area contributed by atoms with E-state index < -0.39 is 18.0 Å². The van der Waals surface area contributed by atoms with Gasteiger partial charge in [0.05, 0.1) is 12.3 Å². The minimum Gasteiger partial charge on any atom is -0.478 e. The highest BCUT2D eigenvalue weighted by Gasteiger charge is 2.23. The minimum absolute atomic E-state index is 0.00472. The molecule has 0 saturated carbocycles. The number of carbonyl (C=O) groups excluding carboxylic acids is 1. The molecule has 0 heterocycles. The molecular formula is C13H17NO5. The van der Waals surface area contributed by atoms with E-state index >= 15 is 0 Å². The number of hydrogen-bond donors (Lipinski definition) is 2. The number of nitrogen functional groups attached to an aromatic ring is 1. The van der Waals surface area contributed by atoms with Gasteiger partial charge in [0.25, 0.3) is 0 Å². The SMILES string of the molecule is CCOC(=O)C(CC)Oc1c(N)cccc1C(=O)O. The lowest BCUT2D eigenvalue weighted by Gasteiger charge is -2.18. The van der Waals surface area contributed by atoms with Crippen molar-refractivity contribution < 1.29 is 24.2 Å². The molecule has 104 valence electrons. The molecule has 0 amide bonds. The van der Waals surface area contributed by atoms with E-state index in [2.05, 4.69) is 0 Å². The van der Waals surface area contributed by atoms with Crippen LogP contribution in [0.1, 0.15) is 30.6 Å². The highest BCUT2D eigenvalue weighted by molar-refractivity contribution is 5.93. The molecule has 19 heavy (non-hydrogen) atoms. The van der Waals surface area contributed by atoms with Crippen LogP contribution in [0.15, 0.2) is 18.2 Å². The molecule has 1 rings (SSSR count). The maximum atomic E-state index is 11.6. The van der Waals surface area contributed by atoms with Gasteiger partial charge in [0.15, 0.2) is 11.9 Å². The van der Waals surface area contributed by atoms with Gasteiger partial charge in [0, 0.05) is 0 Å². The lowest BCUT2D eigenvalue weighted by atomic mass is 10.1. The third-order valence-corrected chi connectivity index (χ3v) is 2.46. The molecule has 1 atom stereocenters. The van der Waals surface area contributed by atoms with Gasteiger partial charge in [-0.25, -0.2) is 9.59 Å². The van der Waals surface area contributed by atoms with E-state index in [1.54, 1.807) is 13.8 Å². The van der Waals surface area contributed by atoms with E-state index in [1.807, 2.05) is 0 Å². The molecule has 6 heteroatoms. The van der Waals surface area contributed by atoms with E-state index in [0.717, 1.165) is 0 Å². The van der Waals surface area contributed by atoms with Crippen molar-refractivity contribution in [3.63, 3.8) is 0 Å². The molecule has 3 N–H and O–H groups in total. The maximum Gasteiger partial charge on any atom is 0.347 e. The number of rotatable bonds is 6. The van der Waals surface area contributed by atoms with E-state index in [1.165, 1.54) is 18.2 Å². The Hall–Kier alpha value is -2.24. The van der Waals surface area contributed by atoms with Crippen LogP contribution in [0.4, 0.5) is 5.69 Å². The van der Waals surface area contributed by atoms with Gasteiger partial charge in [0.1, 0.15) is 5.56 Å². The Morgan fingerprint density at radius 3 is 2.58 bits per heavy atom. The van der Waals surface area contributed by atoms with E-state index in [4.69, 9.17) is 20.3 Å². The van der Waals surface area contributed by atoms with Gasteiger partial charge < -0.3 is 20.3 Å². The summed E-state index contributed by atoms with van der Waals surface area (Å²) in [6.45, 7) is 3.65. The summed E-state index contributed by atoms with van der Waals surface area (Å²) in [5.74, 6) is -1.71. The van der Waals surface area contributed by atoms with Crippen molar-refractivity contribution in [2.45, 2.75) is 26.4 Å². The Morgan fingerprint density at radius 1 is 1.37 bits per heavy atom. The van der Waals surface area contributed by atoms with Crippen LogP contribution in [-0.2, 0) is 9.53 Å². The second kappa shape index (κ2) is 6.63. The number of hydrogen-bond acceptors (Lipinski definition) is 5. The molecule has 1 aromatic carbocycles. The van der Waals surface area contributed by atoms with Gasteiger partial charge in [0.2, 0.25) is 0 Å². The number of anilines is 1. The predicted octanol–water partition coefficient (Wildman–Crippen LogP) is 1.69. The molecule has 0 fully saturated rings. The Bertz CT molecular complexity index is 472. The third-order valence-electron chi connectivity index (χ3n) is 2.46.